The first-order valence-electron chi connectivity index (χ1n) is 8.54. The van der Waals surface area contributed by atoms with Gasteiger partial charge in [0.15, 0.2) is 5.82 Å². The molecule has 2 aromatic heterocycles. The van der Waals surface area contributed by atoms with Gasteiger partial charge in [-0.05, 0) is 37.4 Å². The Bertz CT molecular complexity index is 989. The van der Waals surface area contributed by atoms with Crippen LogP contribution >= 0.6 is 11.3 Å². The average Bonchev–Trinajstić information content (AvgIpc) is 3.24. The first kappa shape index (κ1) is 17.6. The molecule has 1 aliphatic heterocycles. The number of fused-ring (bicyclic) bond motifs is 1. The zero-order chi connectivity index (χ0) is 19.0. The molecule has 2 N–H and O–H groups in total. The van der Waals surface area contributed by atoms with Crippen molar-refractivity contribution in [1.29, 1.82) is 0 Å². The first-order chi connectivity index (χ1) is 13.0. The molecule has 1 aliphatic rings. The van der Waals surface area contributed by atoms with Gasteiger partial charge in [0.05, 0.1) is 10.3 Å². The van der Waals surface area contributed by atoms with E-state index in [1.165, 1.54) is 35.6 Å². The van der Waals surface area contributed by atoms with Crippen molar-refractivity contribution >= 4 is 39.2 Å². The summed E-state index contributed by atoms with van der Waals surface area (Å²) in [6.07, 6.45) is 0. The Labute approximate surface area is 158 Å². The largest absolute Gasteiger partial charge is 0.335 e. The number of carbonyl (C=O) groups is 2. The highest BCUT2D eigenvalue weighted by molar-refractivity contribution is 7.20. The Kier molecular flexibility index (Phi) is 4.63. The fraction of sp³-hybridized carbons (Fsp3) is 0.278. The molecule has 0 aliphatic carbocycles. The van der Waals surface area contributed by atoms with Gasteiger partial charge in [0, 0.05) is 31.7 Å². The molecule has 0 bridgehead atoms. The first-order valence-corrected chi connectivity index (χ1v) is 9.35. The number of halogens is 1. The number of benzene rings is 1. The van der Waals surface area contributed by atoms with Crippen LogP contribution in [0.15, 0.2) is 30.3 Å². The van der Waals surface area contributed by atoms with Crippen LogP contribution in [0.3, 0.4) is 0 Å². The minimum atomic E-state index is -0.404. The molecule has 9 heteroatoms. The van der Waals surface area contributed by atoms with E-state index in [4.69, 9.17) is 0 Å². The van der Waals surface area contributed by atoms with Gasteiger partial charge in [-0.1, -0.05) is 0 Å². The quantitative estimate of drug-likeness (QED) is 0.723. The van der Waals surface area contributed by atoms with E-state index in [1.54, 1.807) is 6.07 Å². The number of H-pyrrole nitrogens is 1. The smallest absolute Gasteiger partial charge is 0.264 e. The molecule has 4 rings (SSSR count). The Morgan fingerprint density at radius 1 is 1.19 bits per heavy atom. The number of aromatic nitrogens is 2. The number of likely N-dealkylation sites (N-methyl/N-ethyl adjacent to an activating group) is 1. The Morgan fingerprint density at radius 3 is 2.59 bits per heavy atom. The van der Waals surface area contributed by atoms with Crippen molar-refractivity contribution in [3.63, 3.8) is 0 Å². The number of aromatic amines is 1. The van der Waals surface area contributed by atoms with E-state index in [0.717, 1.165) is 17.9 Å². The molecular formula is C18H18FN5O2S. The van der Waals surface area contributed by atoms with Crippen molar-refractivity contribution in [2.24, 2.45) is 0 Å². The van der Waals surface area contributed by atoms with E-state index < -0.39 is 5.82 Å². The van der Waals surface area contributed by atoms with Crippen molar-refractivity contribution < 1.29 is 14.0 Å². The zero-order valence-electron chi connectivity index (χ0n) is 14.7. The molecule has 1 fully saturated rings. The van der Waals surface area contributed by atoms with E-state index in [9.17, 15) is 14.0 Å². The number of anilines is 1. The normalized spacial score (nSPS) is 15.3. The molecule has 1 saturated heterocycles. The summed E-state index contributed by atoms with van der Waals surface area (Å²) in [5, 5.41) is 10.4. The third-order valence-electron chi connectivity index (χ3n) is 4.60. The lowest BCUT2D eigenvalue weighted by Gasteiger charge is -2.32. The van der Waals surface area contributed by atoms with Crippen molar-refractivity contribution in [2.45, 2.75) is 0 Å². The lowest BCUT2D eigenvalue weighted by Crippen LogP contribution is -2.46. The van der Waals surface area contributed by atoms with E-state index in [-0.39, 0.29) is 11.8 Å². The van der Waals surface area contributed by atoms with Crippen LogP contribution < -0.4 is 5.32 Å². The highest BCUT2D eigenvalue weighted by Crippen LogP contribution is 2.30. The second-order valence-corrected chi connectivity index (χ2v) is 7.53. The molecular weight excluding hydrogens is 369 g/mol. The Hall–Kier alpha value is -2.78. The maximum absolute atomic E-state index is 13.0. The number of nitrogens with zero attached hydrogens (tertiary/aromatic N) is 3. The van der Waals surface area contributed by atoms with Crippen LogP contribution in [0.2, 0.25) is 0 Å². The van der Waals surface area contributed by atoms with Crippen LogP contribution in [0.1, 0.15) is 20.0 Å². The van der Waals surface area contributed by atoms with Crippen LogP contribution in [0.5, 0.6) is 0 Å². The number of nitrogens with one attached hydrogen (secondary N) is 2. The molecule has 0 unspecified atom stereocenters. The van der Waals surface area contributed by atoms with Gasteiger partial charge in [0.1, 0.15) is 10.6 Å². The number of piperazine rings is 1. The highest BCUT2D eigenvalue weighted by Gasteiger charge is 2.23. The van der Waals surface area contributed by atoms with Crippen LogP contribution in [-0.4, -0.2) is 65.0 Å². The third-order valence-corrected chi connectivity index (χ3v) is 5.62. The highest BCUT2D eigenvalue weighted by atomic mass is 32.1. The number of thiophene rings is 1. The number of carbonyl (C=O) groups excluding carboxylic acids is 2. The molecule has 0 atom stereocenters. The summed E-state index contributed by atoms with van der Waals surface area (Å²) in [6.45, 7) is 3.12. The number of rotatable bonds is 3. The molecule has 0 radical (unpaired) electrons. The van der Waals surface area contributed by atoms with Crippen LogP contribution in [-0.2, 0) is 0 Å². The molecule has 0 spiro atoms. The predicted molar refractivity (Wildman–Crippen MR) is 102 cm³/mol. The van der Waals surface area contributed by atoms with Crippen molar-refractivity contribution in [3.8, 4) is 0 Å². The van der Waals surface area contributed by atoms with Gasteiger partial charge < -0.3 is 15.1 Å². The fourth-order valence-electron chi connectivity index (χ4n) is 2.96. The van der Waals surface area contributed by atoms with Crippen LogP contribution in [0, 0.1) is 5.82 Å². The van der Waals surface area contributed by atoms with Gasteiger partial charge in [0.25, 0.3) is 11.8 Å². The standard InChI is InChI=1S/C18H18FN5O2S/c1-23-6-8-24(9-7-23)18(26)14-10-13-15(21-22-17(13)27-14)20-16(25)11-2-4-12(19)5-3-11/h2-5,10H,6-9H2,1H3,(H2,20,21,22,25). The van der Waals surface area contributed by atoms with Gasteiger partial charge in [0.2, 0.25) is 0 Å². The molecule has 1 aromatic carbocycles. The number of hydrogen-bond donors (Lipinski definition) is 2. The molecule has 2 amide bonds. The summed E-state index contributed by atoms with van der Waals surface area (Å²) in [5.41, 5.74) is 0.330. The summed E-state index contributed by atoms with van der Waals surface area (Å²) in [7, 11) is 2.04. The van der Waals surface area contributed by atoms with Crippen LogP contribution in [0.25, 0.3) is 10.2 Å². The predicted octanol–water partition coefficient (Wildman–Crippen LogP) is 2.40. The molecule has 3 aromatic rings. The zero-order valence-corrected chi connectivity index (χ0v) is 15.5. The minimum absolute atomic E-state index is 0.00601. The molecule has 7 nitrogen and oxygen atoms in total. The van der Waals surface area contributed by atoms with Gasteiger partial charge in [-0.2, -0.15) is 5.10 Å². The van der Waals surface area contributed by atoms with Gasteiger partial charge >= 0.3 is 0 Å². The van der Waals surface area contributed by atoms with Crippen molar-refractivity contribution in [2.75, 3.05) is 38.5 Å². The molecule has 0 saturated carbocycles. The number of hydrogen-bond acceptors (Lipinski definition) is 5. The minimum Gasteiger partial charge on any atom is -0.335 e. The third kappa shape index (κ3) is 3.56. The van der Waals surface area contributed by atoms with E-state index in [0.29, 0.717) is 34.7 Å². The lowest BCUT2D eigenvalue weighted by atomic mass is 10.2. The maximum Gasteiger partial charge on any atom is 0.264 e. The topological polar surface area (TPSA) is 81.3 Å². The lowest BCUT2D eigenvalue weighted by molar-refractivity contribution is 0.0669. The molecule has 27 heavy (non-hydrogen) atoms. The summed E-state index contributed by atoms with van der Waals surface area (Å²) < 4.78 is 13.0. The second-order valence-electron chi connectivity index (χ2n) is 6.48. The molecule has 3 heterocycles. The molecule has 140 valence electrons. The van der Waals surface area contributed by atoms with E-state index >= 15 is 0 Å². The Morgan fingerprint density at radius 2 is 1.89 bits per heavy atom. The Balaban J connectivity index is 1.52. The van der Waals surface area contributed by atoms with E-state index in [2.05, 4.69) is 20.4 Å². The summed E-state index contributed by atoms with van der Waals surface area (Å²) in [5.74, 6) is -0.443. The van der Waals surface area contributed by atoms with Crippen molar-refractivity contribution in [1.82, 2.24) is 20.0 Å². The van der Waals surface area contributed by atoms with Gasteiger partial charge in [-0.15, -0.1) is 11.3 Å². The summed E-state index contributed by atoms with van der Waals surface area (Å²) in [4.78, 5) is 30.4. The summed E-state index contributed by atoms with van der Waals surface area (Å²) >= 11 is 1.32. The SMILES string of the molecule is CN1CCN(C(=O)c2cc3c(NC(=O)c4ccc(F)cc4)n[nH]c3s2)CC1. The number of amides is 2. The summed E-state index contributed by atoms with van der Waals surface area (Å²) in [6, 6.07) is 7.03. The average molecular weight is 387 g/mol. The van der Waals surface area contributed by atoms with E-state index in [1.807, 2.05) is 11.9 Å². The van der Waals surface area contributed by atoms with Crippen LogP contribution in [0.4, 0.5) is 10.2 Å². The maximum atomic E-state index is 13.0. The van der Waals surface area contributed by atoms with Gasteiger partial charge in [-0.3, -0.25) is 14.7 Å². The second kappa shape index (κ2) is 7.09. The monoisotopic (exact) mass is 387 g/mol. The van der Waals surface area contributed by atoms with Gasteiger partial charge in [-0.25, -0.2) is 4.39 Å². The fourth-order valence-corrected chi connectivity index (χ4v) is 3.93. The van der Waals surface area contributed by atoms with Crippen molar-refractivity contribution in [3.05, 3.63) is 46.6 Å².